The van der Waals surface area contributed by atoms with Crippen molar-refractivity contribution in [2.75, 3.05) is 31.6 Å². The molecule has 4 heteroatoms. The number of sulfone groups is 1. The second kappa shape index (κ2) is 3.58. The van der Waals surface area contributed by atoms with E-state index in [0.717, 1.165) is 24.0 Å². The van der Waals surface area contributed by atoms with Gasteiger partial charge in [0.25, 0.3) is 0 Å². The van der Waals surface area contributed by atoms with Gasteiger partial charge in [-0.1, -0.05) is 0 Å². The first kappa shape index (κ1) is 11.0. The van der Waals surface area contributed by atoms with E-state index in [4.69, 9.17) is 0 Å². The fourth-order valence-corrected chi connectivity index (χ4v) is 3.92. The van der Waals surface area contributed by atoms with Gasteiger partial charge in [0, 0.05) is 6.42 Å². The third-order valence-electron chi connectivity index (χ3n) is 3.53. The Kier molecular flexibility index (Phi) is 3.02. The molecule has 0 aliphatic carbocycles. The Morgan fingerprint density at radius 1 is 1.31 bits per heavy atom. The number of rotatable bonds is 3. The molecule has 78 valence electrons. The van der Waals surface area contributed by atoms with Crippen LogP contribution in [0.5, 0.6) is 0 Å². The summed E-state index contributed by atoms with van der Waals surface area (Å²) in [4.78, 5) is 0. The third-order valence-corrected chi connectivity index (χ3v) is 5.29. The van der Waals surface area contributed by atoms with Crippen molar-refractivity contribution < 1.29 is 12.9 Å². The molecule has 0 radical (unpaired) electrons. The highest BCUT2D eigenvalue weighted by molar-refractivity contribution is 7.91. The molecule has 1 atom stereocenters. The molecule has 1 aliphatic heterocycles. The second-order valence-electron chi connectivity index (χ2n) is 4.17. The van der Waals surface area contributed by atoms with Crippen LogP contribution in [0, 0.1) is 0 Å². The Balaban J connectivity index is 2.75. The van der Waals surface area contributed by atoms with Crippen molar-refractivity contribution in [3.8, 4) is 0 Å². The van der Waals surface area contributed by atoms with Crippen LogP contribution < -0.4 is 0 Å². The van der Waals surface area contributed by atoms with Crippen molar-refractivity contribution >= 4 is 9.84 Å². The topological polar surface area (TPSA) is 34.1 Å². The highest BCUT2D eigenvalue weighted by Crippen LogP contribution is 2.22. The molecule has 0 spiro atoms. The number of hydrogen-bond donors (Lipinski definition) is 0. The molecule has 1 saturated heterocycles. The average Bonchev–Trinajstić information content (AvgIpc) is 2.45. The maximum absolute atomic E-state index is 11.3. The van der Waals surface area contributed by atoms with Crippen LogP contribution in [-0.4, -0.2) is 50.6 Å². The van der Waals surface area contributed by atoms with Crippen molar-refractivity contribution in [3.05, 3.63) is 0 Å². The molecule has 0 aromatic carbocycles. The molecule has 13 heavy (non-hydrogen) atoms. The van der Waals surface area contributed by atoms with Crippen molar-refractivity contribution in [1.82, 2.24) is 0 Å². The maximum Gasteiger partial charge on any atom is 0.156 e. The molecule has 1 rings (SSSR count). The number of nitrogens with zero attached hydrogens (tertiary/aromatic N) is 1. The van der Waals surface area contributed by atoms with Crippen LogP contribution >= 0.6 is 0 Å². The predicted octanol–water partition coefficient (Wildman–Crippen LogP) is 0.660. The van der Waals surface area contributed by atoms with E-state index in [-0.39, 0.29) is 0 Å². The van der Waals surface area contributed by atoms with Crippen LogP contribution in [0.2, 0.25) is 0 Å². The van der Waals surface area contributed by atoms with Crippen LogP contribution in [0.4, 0.5) is 0 Å². The lowest BCUT2D eigenvalue weighted by Crippen LogP contribution is -2.52. The molecular weight excluding hydrogens is 186 g/mol. The van der Waals surface area contributed by atoms with E-state index < -0.39 is 9.84 Å². The molecule has 0 aromatic rings. The Hall–Kier alpha value is -0.0900. The van der Waals surface area contributed by atoms with Crippen molar-refractivity contribution in [2.24, 2.45) is 0 Å². The molecule has 1 heterocycles. The zero-order chi connectivity index (χ0) is 10.1. The fraction of sp³-hybridized carbons (Fsp3) is 1.00. The van der Waals surface area contributed by atoms with E-state index in [2.05, 4.69) is 20.9 Å². The Labute approximate surface area is 81.2 Å². The summed E-state index contributed by atoms with van der Waals surface area (Å²) in [5.41, 5.74) is 0. The van der Waals surface area contributed by atoms with Crippen LogP contribution in [0.3, 0.4) is 0 Å². The Morgan fingerprint density at radius 2 is 1.85 bits per heavy atom. The summed E-state index contributed by atoms with van der Waals surface area (Å²) < 4.78 is 23.5. The molecule has 0 bridgehead atoms. The van der Waals surface area contributed by atoms with E-state index in [0.29, 0.717) is 17.5 Å². The lowest BCUT2D eigenvalue weighted by Gasteiger charge is -2.37. The molecular formula is C9H20NO2S+. The summed E-state index contributed by atoms with van der Waals surface area (Å²) >= 11 is 0. The normalized spacial score (nSPS) is 27.8. The third kappa shape index (κ3) is 2.23. The van der Waals surface area contributed by atoms with E-state index in [9.17, 15) is 8.42 Å². The minimum absolute atomic E-state index is 0.333. The summed E-state index contributed by atoms with van der Waals surface area (Å²) in [5.74, 6) is 0.788. The molecule has 0 amide bonds. The van der Waals surface area contributed by atoms with Gasteiger partial charge in [0.1, 0.15) is 11.8 Å². The standard InChI is InChI=1S/C9H20NO2S/c1-4-10(3,5-2)9-6-7-13(11,12)8-9/h9H,4-8H2,1-3H3/q+1/t9-/m0/s1. The first-order valence-corrected chi connectivity index (χ1v) is 6.80. The van der Waals surface area contributed by atoms with E-state index in [1.54, 1.807) is 0 Å². The molecule has 3 nitrogen and oxygen atoms in total. The van der Waals surface area contributed by atoms with Gasteiger partial charge in [-0.2, -0.15) is 0 Å². The second-order valence-corrected chi connectivity index (χ2v) is 6.40. The quantitative estimate of drug-likeness (QED) is 0.636. The molecule has 0 saturated carbocycles. The molecule has 0 N–H and O–H groups in total. The number of quaternary nitrogens is 1. The van der Waals surface area contributed by atoms with Gasteiger partial charge in [0.2, 0.25) is 0 Å². The smallest absolute Gasteiger partial charge is 0.156 e. The fourth-order valence-electron chi connectivity index (χ4n) is 2.01. The van der Waals surface area contributed by atoms with Crippen LogP contribution in [0.1, 0.15) is 20.3 Å². The minimum atomic E-state index is -2.71. The van der Waals surface area contributed by atoms with Gasteiger partial charge in [-0.25, -0.2) is 8.42 Å². The highest BCUT2D eigenvalue weighted by atomic mass is 32.2. The zero-order valence-electron chi connectivity index (χ0n) is 8.78. The lowest BCUT2D eigenvalue weighted by molar-refractivity contribution is -0.927. The minimum Gasteiger partial charge on any atom is -0.323 e. The van der Waals surface area contributed by atoms with Crippen LogP contribution in [0.15, 0.2) is 0 Å². The summed E-state index contributed by atoms with van der Waals surface area (Å²) in [6.07, 6.45) is 0.848. The predicted molar refractivity (Wildman–Crippen MR) is 54.3 cm³/mol. The van der Waals surface area contributed by atoms with Crippen molar-refractivity contribution in [1.29, 1.82) is 0 Å². The SMILES string of the molecule is CC[N+](C)(CC)[C@H]1CCS(=O)(=O)C1. The van der Waals surface area contributed by atoms with Crippen LogP contribution in [-0.2, 0) is 9.84 Å². The monoisotopic (exact) mass is 206 g/mol. The molecule has 0 aromatic heterocycles. The molecule has 1 aliphatic rings. The molecule has 1 fully saturated rings. The van der Waals surface area contributed by atoms with E-state index in [1.807, 2.05) is 0 Å². The summed E-state index contributed by atoms with van der Waals surface area (Å²) in [6, 6.07) is 0.333. The first-order chi connectivity index (χ1) is 5.93. The van der Waals surface area contributed by atoms with Gasteiger partial charge < -0.3 is 4.48 Å². The van der Waals surface area contributed by atoms with E-state index in [1.165, 1.54) is 0 Å². The Morgan fingerprint density at radius 3 is 2.15 bits per heavy atom. The Bertz CT molecular complexity index is 267. The van der Waals surface area contributed by atoms with Gasteiger partial charge >= 0.3 is 0 Å². The number of hydrogen-bond acceptors (Lipinski definition) is 2. The maximum atomic E-state index is 11.3. The van der Waals surface area contributed by atoms with Crippen molar-refractivity contribution in [2.45, 2.75) is 26.3 Å². The average molecular weight is 206 g/mol. The highest BCUT2D eigenvalue weighted by Gasteiger charge is 2.39. The lowest BCUT2D eigenvalue weighted by atomic mass is 10.2. The van der Waals surface area contributed by atoms with Crippen LogP contribution in [0.25, 0.3) is 0 Å². The van der Waals surface area contributed by atoms with Gasteiger partial charge in [-0.05, 0) is 13.8 Å². The van der Waals surface area contributed by atoms with Gasteiger partial charge in [0.15, 0.2) is 9.84 Å². The summed E-state index contributed by atoms with van der Waals surface area (Å²) in [5, 5.41) is 0. The summed E-state index contributed by atoms with van der Waals surface area (Å²) in [7, 11) is -0.556. The van der Waals surface area contributed by atoms with Crippen molar-refractivity contribution in [3.63, 3.8) is 0 Å². The first-order valence-electron chi connectivity index (χ1n) is 4.98. The van der Waals surface area contributed by atoms with Gasteiger partial charge in [-0.3, -0.25) is 0 Å². The van der Waals surface area contributed by atoms with Gasteiger partial charge in [-0.15, -0.1) is 0 Å². The largest absolute Gasteiger partial charge is 0.323 e. The zero-order valence-corrected chi connectivity index (χ0v) is 9.60. The molecule has 0 unspecified atom stereocenters. The van der Waals surface area contributed by atoms with Gasteiger partial charge in [0.05, 0.1) is 25.9 Å². The van der Waals surface area contributed by atoms with E-state index >= 15 is 0 Å². The summed E-state index contributed by atoms with van der Waals surface area (Å²) in [6.45, 7) is 6.32.